The number of thioether (sulfide) groups is 1. The number of amides is 1. The van der Waals surface area contributed by atoms with E-state index < -0.39 is 0 Å². The molecule has 0 saturated heterocycles. The van der Waals surface area contributed by atoms with Crippen molar-refractivity contribution in [1.29, 1.82) is 0 Å². The summed E-state index contributed by atoms with van der Waals surface area (Å²) < 4.78 is 16.3. The molecule has 1 amide bonds. The average molecular weight is 426 g/mol. The van der Waals surface area contributed by atoms with Crippen molar-refractivity contribution in [3.8, 4) is 11.7 Å². The molecule has 4 aromatic heterocycles. The summed E-state index contributed by atoms with van der Waals surface area (Å²) in [7, 11) is 0. The zero-order valence-corrected chi connectivity index (χ0v) is 16.6. The molecule has 10 heteroatoms. The van der Waals surface area contributed by atoms with Crippen LogP contribution in [0.2, 0.25) is 0 Å². The quantitative estimate of drug-likeness (QED) is 0.420. The van der Waals surface area contributed by atoms with E-state index in [1.165, 1.54) is 11.3 Å². The molecule has 8 nitrogen and oxygen atoms in total. The van der Waals surface area contributed by atoms with Gasteiger partial charge in [-0.15, -0.1) is 21.5 Å². The van der Waals surface area contributed by atoms with Crippen LogP contribution >= 0.6 is 23.1 Å². The maximum Gasteiger partial charge on any atom is 0.284 e. The minimum atomic E-state index is -0.267. The third kappa shape index (κ3) is 3.64. The number of furan rings is 2. The van der Waals surface area contributed by atoms with Gasteiger partial charge in [-0.05, 0) is 35.7 Å². The Labute approximate surface area is 173 Å². The van der Waals surface area contributed by atoms with Crippen molar-refractivity contribution in [3.63, 3.8) is 0 Å². The van der Waals surface area contributed by atoms with Gasteiger partial charge in [0.15, 0.2) is 5.76 Å². The van der Waals surface area contributed by atoms with E-state index in [0.717, 1.165) is 22.4 Å². The van der Waals surface area contributed by atoms with Crippen molar-refractivity contribution < 1.29 is 18.0 Å². The van der Waals surface area contributed by atoms with Gasteiger partial charge in [-0.1, -0.05) is 17.8 Å². The maximum absolute atomic E-state index is 12.9. The summed E-state index contributed by atoms with van der Waals surface area (Å²) in [5.41, 5.74) is 0.873. The van der Waals surface area contributed by atoms with Crippen LogP contribution in [-0.4, -0.2) is 32.6 Å². The van der Waals surface area contributed by atoms with Crippen LogP contribution in [0.3, 0.4) is 0 Å². The monoisotopic (exact) mass is 426 g/mol. The number of nitrogens with zero attached hydrogens (tertiary/aromatic N) is 4. The third-order valence-electron chi connectivity index (χ3n) is 4.30. The van der Waals surface area contributed by atoms with Crippen molar-refractivity contribution in [3.05, 3.63) is 64.9 Å². The lowest BCUT2D eigenvalue weighted by Crippen LogP contribution is -2.28. The van der Waals surface area contributed by atoms with E-state index >= 15 is 0 Å². The van der Waals surface area contributed by atoms with Crippen LogP contribution in [-0.2, 0) is 4.79 Å². The minimum Gasteiger partial charge on any atom is -0.467 e. The fraction of sp³-hybridized carbons (Fsp3) is 0.158. The zero-order valence-electron chi connectivity index (χ0n) is 14.9. The fourth-order valence-electron chi connectivity index (χ4n) is 2.99. The highest BCUT2D eigenvalue weighted by Crippen LogP contribution is 2.35. The van der Waals surface area contributed by atoms with Crippen molar-refractivity contribution >= 4 is 34.7 Å². The number of hydrazone groups is 1. The Kier molecular flexibility index (Phi) is 4.78. The van der Waals surface area contributed by atoms with E-state index in [2.05, 4.69) is 15.3 Å². The average Bonchev–Trinajstić information content (AvgIpc) is 3.56. The predicted molar refractivity (Wildman–Crippen MR) is 106 cm³/mol. The van der Waals surface area contributed by atoms with Gasteiger partial charge in [-0.25, -0.2) is 5.01 Å². The Bertz CT molecular complexity index is 1120. The normalized spacial score (nSPS) is 16.3. The van der Waals surface area contributed by atoms with E-state index in [0.29, 0.717) is 23.2 Å². The predicted octanol–water partition coefficient (Wildman–Crippen LogP) is 4.45. The summed E-state index contributed by atoms with van der Waals surface area (Å²) in [6.45, 7) is 0. The molecule has 146 valence electrons. The first-order chi connectivity index (χ1) is 14.3. The molecule has 0 aliphatic carbocycles. The Morgan fingerprint density at radius 1 is 1.17 bits per heavy atom. The van der Waals surface area contributed by atoms with E-state index in [-0.39, 0.29) is 23.6 Å². The number of thiophene rings is 1. The van der Waals surface area contributed by atoms with Crippen LogP contribution in [0, 0.1) is 0 Å². The number of hydrogen-bond acceptors (Lipinski definition) is 9. The maximum atomic E-state index is 12.9. The van der Waals surface area contributed by atoms with Gasteiger partial charge in [0.05, 0.1) is 28.9 Å². The molecular formula is C19H14N4O4S2. The van der Waals surface area contributed by atoms with Gasteiger partial charge in [-0.2, -0.15) is 5.10 Å². The highest BCUT2D eigenvalue weighted by atomic mass is 32.2. The lowest BCUT2D eigenvalue weighted by molar-refractivity contribution is -0.130. The first-order valence-corrected chi connectivity index (χ1v) is 10.6. The molecule has 5 heterocycles. The standard InChI is InChI=1S/C19H14N4O4S2/c24-17(11-29-19-21-20-18(27-19)15-5-2-8-26-15)23-13(14-4-1-7-25-14)10-12(22-23)16-6-3-9-28-16/h1-9,13H,10-11H2/t13-/m0/s1. The van der Waals surface area contributed by atoms with Crippen molar-refractivity contribution in [2.24, 2.45) is 5.10 Å². The lowest BCUT2D eigenvalue weighted by atomic mass is 10.1. The number of aromatic nitrogens is 2. The molecule has 0 N–H and O–H groups in total. The first kappa shape index (κ1) is 18.0. The number of carbonyl (C=O) groups excluding carboxylic acids is 1. The SMILES string of the molecule is O=C(CSc1nnc(-c2ccco2)o1)N1N=C(c2cccs2)C[C@H]1c1ccco1. The molecule has 4 aromatic rings. The number of carbonyl (C=O) groups is 1. The summed E-state index contributed by atoms with van der Waals surface area (Å²) in [5.74, 6) is 1.41. The second-order valence-electron chi connectivity index (χ2n) is 6.14. The number of hydrogen-bond donors (Lipinski definition) is 0. The molecule has 0 radical (unpaired) electrons. The Morgan fingerprint density at radius 3 is 2.83 bits per heavy atom. The minimum absolute atomic E-state index is 0.109. The Morgan fingerprint density at radius 2 is 2.07 bits per heavy atom. The molecule has 0 spiro atoms. The van der Waals surface area contributed by atoms with Crippen LogP contribution < -0.4 is 0 Å². The van der Waals surface area contributed by atoms with Crippen molar-refractivity contribution in [2.45, 2.75) is 17.7 Å². The smallest absolute Gasteiger partial charge is 0.284 e. The van der Waals surface area contributed by atoms with Crippen LogP contribution in [0.1, 0.15) is 23.1 Å². The largest absolute Gasteiger partial charge is 0.467 e. The van der Waals surface area contributed by atoms with Crippen molar-refractivity contribution in [1.82, 2.24) is 15.2 Å². The number of rotatable bonds is 6. The highest BCUT2D eigenvalue weighted by Gasteiger charge is 2.35. The van der Waals surface area contributed by atoms with Gasteiger partial charge < -0.3 is 13.3 Å². The summed E-state index contributed by atoms with van der Waals surface area (Å²) in [5, 5.41) is 16.3. The molecule has 1 atom stereocenters. The second kappa shape index (κ2) is 7.72. The van der Waals surface area contributed by atoms with Crippen LogP contribution in [0.5, 0.6) is 0 Å². The Balaban J connectivity index is 1.31. The van der Waals surface area contributed by atoms with E-state index in [4.69, 9.17) is 13.3 Å². The van der Waals surface area contributed by atoms with E-state index in [1.807, 2.05) is 29.6 Å². The first-order valence-electron chi connectivity index (χ1n) is 8.75. The van der Waals surface area contributed by atoms with Crippen LogP contribution in [0.4, 0.5) is 0 Å². The van der Waals surface area contributed by atoms with Gasteiger partial charge in [-0.3, -0.25) is 4.79 Å². The molecule has 1 aliphatic heterocycles. The van der Waals surface area contributed by atoms with Crippen LogP contribution in [0.15, 0.2) is 77.9 Å². The topological polar surface area (TPSA) is 97.9 Å². The van der Waals surface area contributed by atoms with Gasteiger partial charge >= 0.3 is 0 Å². The van der Waals surface area contributed by atoms with E-state index in [1.54, 1.807) is 29.7 Å². The highest BCUT2D eigenvalue weighted by molar-refractivity contribution is 7.99. The van der Waals surface area contributed by atoms with Gasteiger partial charge in [0, 0.05) is 6.42 Å². The zero-order chi connectivity index (χ0) is 19.6. The summed E-state index contributed by atoms with van der Waals surface area (Å²) in [6, 6.07) is 10.8. The molecular weight excluding hydrogens is 412 g/mol. The summed E-state index contributed by atoms with van der Waals surface area (Å²) in [4.78, 5) is 14.0. The van der Waals surface area contributed by atoms with Crippen LogP contribution in [0.25, 0.3) is 11.7 Å². The van der Waals surface area contributed by atoms with Gasteiger partial charge in [0.1, 0.15) is 11.8 Å². The second-order valence-corrected chi connectivity index (χ2v) is 8.01. The van der Waals surface area contributed by atoms with Gasteiger partial charge in [0.25, 0.3) is 17.0 Å². The Hall–Kier alpha value is -3.11. The van der Waals surface area contributed by atoms with Crippen molar-refractivity contribution in [2.75, 3.05) is 5.75 Å². The fourth-order valence-corrected chi connectivity index (χ4v) is 4.33. The lowest BCUT2D eigenvalue weighted by Gasteiger charge is -2.19. The molecule has 29 heavy (non-hydrogen) atoms. The molecule has 0 fully saturated rings. The summed E-state index contributed by atoms with van der Waals surface area (Å²) >= 11 is 2.76. The third-order valence-corrected chi connectivity index (χ3v) is 6.02. The van der Waals surface area contributed by atoms with E-state index in [9.17, 15) is 4.79 Å². The molecule has 0 bridgehead atoms. The molecule has 5 rings (SSSR count). The summed E-state index contributed by atoms with van der Waals surface area (Å²) in [6.07, 6.45) is 3.74. The van der Waals surface area contributed by atoms with Gasteiger partial charge in [0.2, 0.25) is 0 Å². The molecule has 0 unspecified atom stereocenters. The molecule has 0 saturated carbocycles. The molecule has 1 aliphatic rings. The molecule has 0 aromatic carbocycles.